The van der Waals surface area contributed by atoms with Gasteiger partial charge in [0.05, 0.1) is 53.4 Å². The van der Waals surface area contributed by atoms with Crippen molar-refractivity contribution in [1.29, 1.82) is 0 Å². The van der Waals surface area contributed by atoms with E-state index in [0.29, 0.717) is 18.7 Å². The number of benzene rings is 1. The number of aromatic nitrogens is 2. The molecule has 4 heterocycles. The standard InChI is InChI=1S/C26H27FN8O2S/c1-26-9-18(17-8-20(12-29-10-17)35-38(3,36)37)11-32-25(26)34-33-23(26)15-31-22-14-30-13-21(24(22)28-2)16-5-4-6-19(27)7-16/h4-8,10-14,31,35H,9,15H2,1-3H3,(H,28,30)(H,32,34). The Morgan fingerprint density at radius 2 is 1.92 bits per heavy atom. The number of pyridine rings is 2. The first-order valence-electron chi connectivity index (χ1n) is 11.9. The molecule has 2 aliphatic rings. The number of allylic oxidation sites excluding steroid dienone is 1. The summed E-state index contributed by atoms with van der Waals surface area (Å²) in [6.45, 7) is 2.47. The lowest BCUT2D eigenvalue weighted by Crippen LogP contribution is -2.39. The fraction of sp³-hybridized carbons (Fsp3) is 0.231. The van der Waals surface area contributed by atoms with Gasteiger partial charge in [0, 0.05) is 31.2 Å². The minimum Gasteiger partial charge on any atom is -0.386 e. The van der Waals surface area contributed by atoms with Gasteiger partial charge in [-0.25, -0.2) is 17.8 Å². The van der Waals surface area contributed by atoms with Crippen LogP contribution in [0, 0.1) is 11.2 Å². The Bertz CT molecular complexity index is 1600. The Hall–Kier alpha value is -4.32. The van der Waals surface area contributed by atoms with E-state index in [9.17, 15) is 12.8 Å². The van der Waals surface area contributed by atoms with Crippen LogP contribution in [0.1, 0.15) is 18.9 Å². The van der Waals surface area contributed by atoms with Gasteiger partial charge < -0.3 is 10.6 Å². The van der Waals surface area contributed by atoms with E-state index in [-0.39, 0.29) is 5.82 Å². The highest BCUT2D eigenvalue weighted by atomic mass is 32.2. The summed E-state index contributed by atoms with van der Waals surface area (Å²) in [7, 11) is -1.62. The first-order chi connectivity index (χ1) is 18.2. The lowest BCUT2D eigenvalue weighted by Gasteiger charge is -2.30. The molecule has 3 aromatic rings. The van der Waals surface area contributed by atoms with E-state index >= 15 is 0 Å². The van der Waals surface area contributed by atoms with Crippen LogP contribution in [0.3, 0.4) is 0 Å². The SMILES string of the molecule is CNc1c(NCC2=NNC3=NC=C(c4cncc(NS(C)(=O)=O)c4)CC23C)cncc1-c1cccc(F)c1. The van der Waals surface area contributed by atoms with E-state index in [1.54, 1.807) is 36.9 Å². The van der Waals surface area contributed by atoms with Gasteiger partial charge in [-0.2, -0.15) is 5.10 Å². The van der Waals surface area contributed by atoms with Crippen molar-refractivity contribution in [1.82, 2.24) is 15.4 Å². The van der Waals surface area contributed by atoms with Crippen molar-refractivity contribution < 1.29 is 12.8 Å². The van der Waals surface area contributed by atoms with Crippen molar-refractivity contribution >= 4 is 44.2 Å². The molecule has 0 bridgehead atoms. The average molecular weight is 535 g/mol. The van der Waals surface area contributed by atoms with Crippen LogP contribution in [0.15, 0.2) is 71.4 Å². The maximum absolute atomic E-state index is 13.9. The molecule has 1 aromatic carbocycles. The third-order valence-electron chi connectivity index (χ3n) is 6.54. The second-order valence-electron chi connectivity index (χ2n) is 9.37. The first-order valence-corrected chi connectivity index (χ1v) is 13.7. The fourth-order valence-corrected chi connectivity index (χ4v) is 5.18. The summed E-state index contributed by atoms with van der Waals surface area (Å²) in [4.78, 5) is 13.2. The third-order valence-corrected chi connectivity index (χ3v) is 7.15. The number of hydrogen-bond donors (Lipinski definition) is 4. The molecule has 2 aromatic heterocycles. The molecular weight excluding hydrogens is 507 g/mol. The van der Waals surface area contributed by atoms with Crippen molar-refractivity contribution in [2.24, 2.45) is 15.5 Å². The van der Waals surface area contributed by atoms with Gasteiger partial charge >= 0.3 is 0 Å². The second-order valence-corrected chi connectivity index (χ2v) is 11.1. The van der Waals surface area contributed by atoms with Crippen LogP contribution in [0.2, 0.25) is 0 Å². The largest absolute Gasteiger partial charge is 0.386 e. The van der Waals surface area contributed by atoms with Gasteiger partial charge in [-0.1, -0.05) is 12.1 Å². The second kappa shape index (κ2) is 9.86. The number of halogens is 1. The molecule has 1 atom stereocenters. The molecule has 4 N–H and O–H groups in total. The summed E-state index contributed by atoms with van der Waals surface area (Å²) in [5, 5.41) is 11.2. The van der Waals surface area contributed by atoms with E-state index in [2.05, 4.69) is 47.8 Å². The third kappa shape index (κ3) is 5.07. The van der Waals surface area contributed by atoms with E-state index < -0.39 is 15.4 Å². The number of sulfonamides is 1. The van der Waals surface area contributed by atoms with Gasteiger partial charge in [0.1, 0.15) is 11.7 Å². The molecule has 5 rings (SSSR count). The summed E-state index contributed by atoms with van der Waals surface area (Å²) in [5.41, 5.74) is 8.48. The highest BCUT2D eigenvalue weighted by molar-refractivity contribution is 7.92. The Balaban J connectivity index is 1.36. The van der Waals surface area contributed by atoms with Crippen molar-refractivity contribution in [3.8, 4) is 11.1 Å². The lowest BCUT2D eigenvalue weighted by atomic mass is 9.76. The van der Waals surface area contributed by atoms with Crippen LogP contribution in [0.25, 0.3) is 16.7 Å². The Kier molecular flexibility index (Phi) is 6.57. The maximum Gasteiger partial charge on any atom is 0.229 e. The molecule has 0 fully saturated rings. The Labute approximate surface area is 220 Å². The number of aliphatic imine (C=N–C) groups is 1. The molecular formula is C26H27FN8O2S. The topological polar surface area (TPSA) is 133 Å². The number of amidine groups is 1. The number of fused-ring (bicyclic) bond motifs is 1. The Morgan fingerprint density at radius 1 is 1.11 bits per heavy atom. The number of rotatable bonds is 8. The van der Waals surface area contributed by atoms with E-state index in [1.807, 2.05) is 13.1 Å². The zero-order valence-electron chi connectivity index (χ0n) is 21.1. The van der Waals surface area contributed by atoms with E-state index in [1.165, 1.54) is 18.3 Å². The zero-order chi connectivity index (χ0) is 26.9. The number of hydrazone groups is 1. The minimum atomic E-state index is -3.43. The van der Waals surface area contributed by atoms with Gasteiger partial charge in [-0.15, -0.1) is 0 Å². The Morgan fingerprint density at radius 3 is 2.68 bits per heavy atom. The van der Waals surface area contributed by atoms with E-state index in [4.69, 9.17) is 0 Å². The van der Waals surface area contributed by atoms with Crippen molar-refractivity contribution in [3.63, 3.8) is 0 Å². The molecule has 12 heteroatoms. The van der Waals surface area contributed by atoms with Gasteiger partial charge in [0.2, 0.25) is 10.0 Å². The normalized spacial score (nSPS) is 18.5. The predicted octanol–water partition coefficient (Wildman–Crippen LogP) is 3.92. The molecule has 38 heavy (non-hydrogen) atoms. The predicted molar refractivity (Wildman–Crippen MR) is 149 cm³/mol. The van der Waals surface area contributed by atoms with Crippen LogP contribution in [-0.4, -0.2) is 49.8 Å². The van der Waals surface area contributed by atoms with Crippen LogP contribution < -0.4 is 20.8 Å². The average Bonchev–Trinajstić information content (AvgIpc) is 3.21. The maximum atomic E-state index is 13.9. The molecule has 0 amide bonds. The first kappa shape index (κ1) is 25.3. The van der Waals surface area contributed by atoms with Crippen molar-refractivity contribution in [2.75, 3.05) is 35.2 Å². The van der Waals surface area contributed by atoms with Gasteiger partial charge in [-0.05, 0) is 48.2 Å². The zero-order valence-corrected chi connectivity index (χ0v) is 21.9. The minimum absolute atomic E-state index is 0.317. The van der Waals surface area contributed by atoms with Crippen LogP contribution >= 0.6 is 0 Å². The van der Waals surface area contributed by atoms with Crippen LogP contribution in [-0.2, 0) is 10.0 Å². The number of nitrogens with zero attached hydrogens (tertiary/aromatic N) is 4. The summed E-state index contributed by atoms with van der Waals surface area (Å²) < 4.78 is 39.6. The van der Waals surface area contributed by atoms with Gasteiger partial charge in [0.25, 0.3) is 0 Å². The fourth-order valence-electron chi connectivity index (χ4n) is 4.64. The highest BCUT2D eigenvalue weighted by Crippen LogP contribution is 2.40. The molecule has 10 nitrogen and oxygen atoms in total. The molecule has 0 radical (unpaired) electrons. The summed E-state index contributed by atoms with van der Waals surface area (Å²) in [6.07, 6.45) is 10.00. The number of anilines is 3. The number of hydrogen-bond acceptors (Lipinski definition) is 9. The summed E-state index contributed by atoms with van der Waals surface area (Å²) in [5.74, 6) is 0.417. The molecule has 0 aliphatic carbocycles. The molecule has 1 unspecified atom stereocenters. The lowest BCUT2D eigenvalue weighted by molar-refractivity contribution is 0.606. The van der Waals surface area contributed by atoms with Gasteiger partial charge in [-0.3, -0.25) is 20.1 Å². The van der Waals surface area contributed by atoms with Crippen molar-refractivity contribution in [3.05, 3.63) is 72.7 Å². The summed E-state index contributed by atoms with van der Waals surface area (Å²) >= 11 is 0. The summed E-state index contributed by atoms with van der Waals surface area (Å²) in [6, 6.07) is 8.13. The van der Waals surface area contributed by atoms with Crippen LogP contribution in [0.5, 0.6) is 0 Å². The number of nitrogens with one attached hydrogen (secondary N) is 4. The van der Waals surface area contributed by atoms with Crippen LogP contribution in [0.4, 0.5) is 21.5 Å². The molecule has 0 saturated heterocycles. The molecule has 0 spiro atoms. The van der Waals surface area contributed by atoms with Gasteiger partial charge in [0.15, 0.2) is 0 Å². The van der Waals surface area contributed by atoms with Crippen molar-refractivity contribution in [2.45, 2.75) is 13.3 Å². The van der Waals surface area contributed by atoms with E-state index in [0.717, 1.165) is 51.4 Å². The quantitative estimate of drug-likeness (QED) is 0.344. The molecule has 196 valence electrons. The monoisotopic (exact) mass is 534 g/mol. The molecule has 0 saturated carbocycles. The smallest absolute Gasteiger partial charge is 0.229 e. The highest BCUT2D eigenvalue weighted by Gasteiger charge is 2.43. The molecule has 2 aliphatic heterocycles.